The van der Waals surface area contributed by atoms with E-state index in [0.29, 0.717) is 17.1 Å². The molecule has 0 aromatic heterocycles. The molecule has 2 aromatic rings. The zero-order chi connectivity index (χ0) is 15.9. The summed E-state index contributed by atoms with van der Waals surface area (Å²) in [5, 5.41) is 3.51. The Morgan fingerprint density at radius 2 is 1.77 bits per heavy atom. The molecule has 0 fully saturated rings. The van der Waals surface area contributed by atoms with Gasteiger partial charge in [-0.1, -0.05) is 35.9 Å². The third kappa shape index (κ3) is 4.79. The van der Waals surface area contributed by atoms with Gasteiger partial charge in [0.1, 0.15) is 0 Å². The van der Waals surface area contributed by atoms with E-state index < -0.39 is 5.91 Å². The van der Waals surface area contributed by atoms with Crippen LogP contribution in [0.1, 0.15) is 15.9 Å². The van der Waals surface area contributed by atoms with Gasteiger partial charge in [-0.3, -0.25) is 9.59 Å². The molecule has 0 aliphatic carbocycles. The molecule has 2 amide bonds. The van der Waals surface area contributed by atoms with Crippen LogP contribution in [0.2, 0.25) is 5.02 Å². The van der Waals surface area contributed by atoms with E-state index in [2.05, 4.69) is 5.32 Å². The lowest BCUT2D eigenvalue weighted by Gasteiger charge is -2.09. The van der Waals surface area contributed by atoms with Gasteiger partial charge in [0.25, 0.3) is 5.91 Å². The van der Waals surface area contributed by atoms with Crippen LogP contribution < -0.4 is 11.1 Å². The molecule has 22 heavy (non-hydrogen) atoms. The van der Waals surface area contributed by atoms with Gasteiger partial charge in [-0.05, 0) is 29.8 Å². The van der Waals surface area contributed by atoms with Crippen LogP contribution in [0.15, 0.2) is 53.4 Å². The Kier molecular flexibility index (Phi) is 5.86. The summed E-state index contributed by atoms with van der Waals surface area (Å²) in [6.07, 6.45) is 0. The topological polar surface area (TPSA) is 72.2 Å². The van der Waals surface area contributed by atoms with Gasteiger partial charge in [-0.2, -0.15) is 0 Å². The molecule has 0 spiro atoms. The van der Waals surface area contributed by atoms with Crippen molar-refractivity contribution in [1.82, 2.24) is 5.32 Å². The number of halogens is 1. The van der Waals surface area contributed by atoms with Gasteiger partial charge in [0.05, 0.1) is 11.3 Å². The number of primary amides is 1. The first kappa shape index (κ1) is 16.4. The molecule has 0 aliphatic rings. The summed E-state index contributed by atoms with van der Waals surface area (Å²) in [4.78, 5) is 23.9. The standard InChI is InChI=1S/C16H15ClN2O2S/c17-12-7-5-11(6-8-12)9-19-16(21)13-3-1-2-4-14(13)22-10-15(18)20/h1-8H,9-10H2,(H2,18,20)(H,19,21). The maximum atomic E-state index is 12.3. The lowest BCUT2D eigenvalue weighted by atomic mass is 10.2. The van der Waals surface area contributed by atoms with E-state index >= 15 is 0 Å². The van der Waals surface area contributed by atoms with Gasteiger partial charge in [-0.25, -0.2) is 0 Å². The van der Waals surface area contributed by atoms with Crippen LogP contribution in [0, 0.1) is 0 Å². The Morgan fingerprint density at radius 1 is 1.09 bits per heavy atom. The quantitative estimate of drug-likeness (QED) is 0.798. The summed E-state index contributed by atoms with van der Waals surface area (Å²) in [5.74, 6) is -0.467. The van der Waals surface area contributed by atoms with Gasteiger partial charge in [0.2, 0.25) is 5.91 Å². The van der Waals surface area contributed by atoms with E-state index in [9.17, 15) is 9.59 Å². The maximum Gasteiger partial charge on any atom is 0.252 e. The van der Waals surface area contributed by atoms with Crippen molar-refractivity contribution in [3.05, 3.63) is 64.7 Å². The number of nitrogens with two attached hydrogens (primary N) is 1. The van der Waals surface area contributed by atoms with Crippen LogP contribution in [-0.4, -0.2) is 17.6 Å². The van der Waals surface area contributed by atoms with Crippen molar-refractivity contribution in [1.29, 1.82) is 0 Å². The third-order valence-corrected chi connectivity index (χ3v) is 4.22. The van der Waals surface area contributed by atoms with Crippen molar-refractivity contribution in [3.8, 4) is 0 Å². The molecule has 0 saturated heterocycles. The van der Waals surface area contributed by atoms with Crippen molar-refractivity contribution in [2.45, 2.75) is 11.4 Å². The molecule has 114 valence electrons. The number of carbonyl (C=O) groups is 2. The molecular weight excluding hydrogens is 320 g/mol. The summed E-state index contributed by atoms with van der Waals surface area (Å²) in [6, 6.07) is 14.4. The van der Waals surface area contributed by atoms with Crippen LogP contribution in [0.5, 0.6) is 0 Å². The fourth-order valence-corrected chi connectivity index (χ4v) is 2.72. The summed E-state index contributed by atoms with van der Waals surface area (Å²) < 4.78 is 0. The molecule has 3 N–H and O–H groups in total. The number of hydrogen-bond donors (Lipinski definition) is 2. The van der Waals surface area contributed by atoms with Gasteiger partial charge >= 0.3 is 0 Å². The lowest BCUT2D eigenvalue weighted by Crippen LogP contribution is -2.23. The summed E-state index contributed by atoms with van der Waals surface area (Å²) in [5.41, 5.74) is 6.63. The Morgan fingerprint density at radius 3 is 2.45 bits per heavy atom. The van der Waals surface area contributed by atoms with E-state index in [-0.39, 0.29) is 11.7 Å². The van der Waals surface area contributed by atoms with Crippen LogP contribution in [0.4, 0.5) is 0 Å². The zero-order valence-electron chi connectivity index (χ0n) is 11.7. The first-order valence-corrected chi connectivity index (χ1v) is 7.95. The van der Waals surface area contributed by atoms with Gasteiger partial charge in [0.15, 0.2) is 0 Å². The largest absolute Gasteiger partial charge is 0.369 e. The van der Waals surface area contributed by atoms with E-state index in [1.165, 1.54) is 11.8 Å². The first-order valence-electron chi connectivity index (χ1n) is 6.59. The summed E-state index contributed by atoms with van der Waals surface area (Å²) >= 11 is 7.08. The van der Waals surface area contributed by atoms with Crippen molar-refractivity contribution >= 4 is 35.2 Å². The van der Waals surface area contributed by atoms with Gasteiger partial charge in [0, 0.05) is 16.5 Å². The lowest BCUT2D eigenvalue weighted by molar-refractivity contribution is -0.115. The van der Waals surface area contributed by atoms with E-state index in [1.54, 1.807) is 30.3 Å². The second kappa shape index (κ2) is 7.87. The van der Waals surface area contributed by atoms with Gasteiger partial charge < -0.3 is 11.1 Å². The summed E-state index contributed by atoms with van der Waals surface area (Å²) in [7, 11) is 0. The molecule has 6 heteroatoms. The Hall–Kier alpha value is -1.98. The SMILES string of the molecule is NC(=O)CSc1ccccc1C(=O)NCc1ccc(Cl)cc1. The Labute approximate surface area is 138 Å². The van der Waals surface area contributed by atoms with Crippen molar-refractivity contribution < 1.29 is 9.59 Å². The minimum absolute atomic E-state index is 0.140. The van der Waals surface area contributed by atoms with E-state index in [0.717, 1.165) is 10.5 Å². The highest BCUT2D eigenvalue weighted by Crippen LogP contribution is 2.22. The first-order chi connectivity index (χ1) is 10.6. The normalized spacial score (nSPS) is 10.2. The van der Waals surface area contributed by atoms with E-state index in [4.69, 9.17) is 17.3 Å². The molecule has 0 radical (unpaired) electrons. The number of hydrogen-bond acceptors (Lipinski definition) is 3. The zero-order valence-corrected chi connectivity index (χ0v) is 13.3. The van der Waals surface area contributed by atoms with Crippen LogP contribution >= 0.6 is 23.4 Å². The molecule has 2 aromatic carbocycles. The molecule has 0 saturated carbocycles. The number of rotatable bonds is 6. The molecule has 0 heterocycles. The second-order valence-electron chi connectivity index (χ2n) is 4.56. The molecule has 2 rings (SSSR count). The average molecular weight is 335 g/mol. The molecule has 0 aliphatic heterocycles. The highest BCUT2D eigenvalue weighted by atomic mass is 35.5. The maximum absolute atomic E-state index is 12.3. The minimum atomic E-state index is -0.415. The summed E-state index contributed by atoms with van der Waals surface area (Å²) in [6.45, 7) is 0.408. The molecular formula is C16H15ClN2O2S. The van der Waals surface area contributed by atoms with Crippen molar-refractivity contribution in [3.63, 3.8) is 0 Å². The Balaban J connectivity index is 2.02. The van der Waals surface area contributed by atoms with Crippen molar-refractivity contribution in [2.24, 2.45) is 5.73 Å². The number of carbonyl (C=O) groups excluding carboxylic acids is 2. The number of thioether (sulfide) groups is 1. The monoisotopic (exact) mass is 334 g/mol. The Bertz CT molecular complexity index is 674. The van der Waals surface area contributed by atoms with Crippen molar-refractivity contribution in [2.75, 3.05) is 5.75 Å². The second-order valence-corrected chi connectivity index (χ2v) is 6.01. The number of amides is 2. The van der Waals surface area contributed by atoms with Crippen LogP contribution in [-0.2, 0) is 11.3 Å². The molecule has 0 atom stereocenters. The molecule has 0 unspecified atom stereocenters. The smallest absolute Gasteiger partial charge is 0.252 e. The predicted octanol–water partition coefficient (Wildman–Crippen LogP) is 2.85. The highest BCUT2D eigenvalue weighted by Gasteiger charge is 2.11. The van der Waals surface area contributed by atoms with E-state index in [1.807, 2.05) is 18.2 Å². The highest BCUT2D eigenvalue weighted by molar-refractivity contribution is 8.00. The third-order valence-electron chi connectivity index (χ3n) is 2.87. The van der Waals surface area contributed by atoms with Crippen LogP contribution in [0.25, 0.3) is 0 Å². The van der Waals surface area contributed by atoms with Crippen LogP contribution in [0.3, 0.4) is 0 Å². The molecule has 0 bridgehead atoms. The minimum Gasteiger partial charge on any atom is -0.369 e. The average Bonchev–Trinajstić information content (AvgIpc) is 2.52. The fraction of sp³-hybridized carbons (Fsp3) is 0.125. The number of nitrogens with one attached hydrogen (secondary N) is 1. The molecule has 4 nitrogen and oxygen atoms in total. The predicted molar refractivity (Wildman–Crippen MR) is 89.0 cm³/mol. The fourth-order valence-electron chi connectivity index (χ4n) is 1.81. The number of benzene rings is 2. The van der Waals surface area contributed by atoms with Gasteiger partial charge in [-0.15, -0.1) is 11.8 Å².